The number of rotatable bonds is 4. The van der Waals surface area contributed by atoms with E-state index in [-0.39, 0.29) is 28.5 Å². The molecule has 1 aromatic rings. The van der Waals surface area contributed by atoms with Crippen LogP contribution in [0.1, 0.15) is 33.0 Å². The molecule has 1 N–H and O–H groups in total. The van der Waals surface area contributed by atoms with E-state index in [1.165, 1.54) is 12.3 Å². The van der Waals surface area contributed by atoms with E-state index in [0.29, 0.717) is 5.76 Å². The second-order valence-corrected chi connectivity index (χ2v) is 6.07. The normalized spacial score (nSPS) is 27.6. The third-order valence-electron chi connectivity index (χ3n) is 4.78. The molecule has 2 unspecified atom stereocenters. The SMILES string of the molecule is COC1(C)CC(NC(=O)/C(C#N)=C\c2ccco2)C1(C)C. The van der Waals surface area contributed by atoms with Gasteiger partial charge in [-0.2, -0.15) is 5.26 Å². The molecule has 0 aliphatic heterocycles. The Balaban J connectivity index is 2.07. The van der Waals surface area contributed by atoms with Crippen LogP contribution in [0.25, 0.3) is 6.08 Å². The first-order chi connectivity index (χ1) is 9.84. The van der Waals surface area contributed by atoms with Crippen LogP contribution in [-0.4, -0.2) is 24.7 Å². The van der Waals surface area contributed by atoms with Crippen molar-refractivity contribution in [3.8, 4) is 6.07 Å². The molecule has 2 atom stereocenters. The molecular formula is C16H20N2O3. The predicted octanol–water partition coefficient (Wildman–Crippen LogP) is 2.51. The fourth-order valence-corrected chi connectivity index (χ4v) is 2.62. The zero-order chi connectivity index (χ0) is 15.7. The Morgan fingerprint density at radius 1 is 1.57 bits per heavy atom. The average Bonchev–Trinajstić information content (AvgIpc) is 2.96. The molecule has 1 heterocycles. The highest BCUT2D eigenvalue weighted by Gasteiger charge is 2.58. The molecule has 112 valence electrons. The van der Waals surface area contributed by atoms with Crippen LogP contribution in [0.3, 0.4) is 0 Å². The maximum Gasteiger partial charge on any atom is 0.262 e. The van der Waals surface area contributed by atoms with Crippen LogP contribution in [0, 0.1) is 16.7 Å². The van der Waals surface area contributed by atoms with Crippen LogP contribution >= 0.6 is 0 Å². The number of amides is 1. The standard InChI is InChI=1S/C16H20N2O3/c1-15(2)13(9-16(15,3)20-4)18-14(19)11(10-17)8-12-6-5-7-21-12/h5-8,13H,9H2,1-4H3,(H,18,19)/b11-8-. The van der Waals surface area contributed by atoms with Crippen molar-refractivity contribution in [2.45, 2.75) is 38.8 Å². The number of nitrogens with zero attached hydrogens (tertiary/aromatic N) is 1. The van der Waals surface area contributed by atoms with Crippen molar-refractivity contribution in [1.29, 1.82) is 5.26 Å². The van der Waals surface area contributed by atoms with Gasteiger partial charge >= 0.3 is 0 Å². The Morgan fingerprint density at radius 3 is 2.76 bits per heavy atom. The molecule has 1 aliphatic rings. The number of hydrogen-bond acceptors (Lipinski definition) is 4. The molecule has 2 rings (SSSR count). The molecule has 5 heteroatoms. The third-order valence-corrected chi connectivity index (χ3v) is 4.78. The minimum Gasteiger partial charge on any atom is -0.465 e. The Morgan fingerprint density at radius 2 is 2.29 bits per heavy atom. The molecule has 0 radical (unpaired) electrons. The number of ether oxygens (including phenoxy) is 1. The molecule has 0 spiro atoms. The molecule has 21 heavy (non-hydrogen) atoms. The highest BCUT2D eigenvalue weighted by Crippen LogP contribution is 2.51. The van der Waals surface area contributed by atoms with Gasteiger partial charge in [0.25, 0.3) is 5.91 Å². The number of hydrogen-bond donors (Lipinski definition) is 1. The summed E-state index contributed by atoms with van der Waals surface area (Å²) in [6.07, 6.45) is 3.66. The van der Waals surface area contributed by atoms with Gasteiger partial charge in [-0.1, -0.05) is 13.8 Å². The van der Waals surface area contributed by atoms with Gasteiger partial charge in [0.2, 0.25) is 0 Å². The lowest BCUT2D eigenvalue weighted by Gasteiger charge is -2.59. The summed E-state index contributed by atoms with van der Waals surface area (Å²) in [6, 6.07) is 5.29. The Labute approximate surface area is 124 Å². The van der Waals surface area contributed by atoms with Gasteiger partial charge in [0.15, 0.2) is 0 Å². The van der Waals surface area contributed by atoms with Crippen LogP contribution in [-0.2, 0) is 9.53 Å². The molecule has 0 bridgehead atoms. The quantitative estimate of drug-likeness (QED) is 0.682. The molecular weight excluding hydrogens is 268 g/mol. The summed E-state index contributed by atoms with van der Waals surface area (Å²) in [5.74, 6) is 0.0985. The lowest BCUT2D eigenvalue weighted by molar-refractivity contribution is -0.181. The van der Waals surface area contributed by atoms with Gasteiger partial charge in [-0.15, -0.1) is 0 Å². The number of methoxy groups -OCH3 is 1. The van der Waals surface area contributed by atoms with E-state index in [1.807, 2.05) is 26.8 Å². The minimum atomic E-state index is -0.384. The van der Waals surface area contributed by atoms with E-state index in [9.17, 15) is 4.79 Å². The Kier molecular flexibility index (Phi) is 3.93. The molecule has 1 amide bonds. The summed E-state index contributed by atoms with van der Waals surface area (Å²) in [6.45, 7) is 6.13. The summed E-state index contributed by atoms with van der Waals surface area (Å²) in [7, 11) is 1.68. The van der Waals surface area contributed by atoms with Gasteiger partial charge in [-0.05, 0) is 25.5 Å². The van der Waals surface area contributed by atoms with Crippen LogP contribution in [0.4, 0.5) is 0 Å². The summed E-state index contributed by atoms with van der Waals surface area (Å²) < 4.78 is 10.7. The molecule has 0 aromatic carbocycles. The zero-order valence-corrected chi connectivity index (χ0v) is 12.8. The Bertz CT molecular complexity index is 596. The second-order valence-electron chi connectivity index (χ2n) is 6.07. The van der Waals surface area contributed by atoms with E-state index in [0.717, 1.165) is 6.42 Å². The van der Waals surface area contributed by atoms with Crippen LogP contribution in [0.15, 0.2) is 28.4 Å². The number of nitrogens with one attached hydrogen (secondary N) is 1. The topological polar surface area (TPSA) is 75.3 Å². The number of carbonyl (C=O) groups is 1. The fourth-order valence-electron chi connectivity index (χ4n) is 2.62. The van der Waals surface area contributed by atoms with E-state index in [2.05, 4.69) is 5.32 Å². The molecule has 5 nitrogen and oxygen atoms in total. The first-order valence-electron chi connectivity index (χ1n) is 6.85. The monoisotopic (exact) mass is 288 g/mol. The smallest absolute Gasteiger partial charge is 0.262 e. The Hall–Kier alpha value is -2.06. The van der Waals surface area contributed by atoms with Crippen molar-refractivity contribution in [1.82, 2.24) is 5.32 Å². The van der Waals surface area contributed by atoms with Crippen molar-refractivity contribution in [2.75, 3.05) is 7.11 Å². The fraction of sp³-hybridized carbons (Fsp3) is 0.500. The highest BCUT2D eigenvalue weighted by atomic mass is 16.5. The second kappa shape index (κ2) is 5.38. The van der Waals surface area contributed by atoms with Gasteiger partial charge in [-0.3, -0.25) is 4.79 Å². The first kappa shape index (κ1) is 15.3. The maximum absolute atomic E-state index is 12.2. The minimum absolute atomic E-state index is 0.0247. The summed E-state index contributed by atoms with van der Waals surface area (Å²) in [5, 5.41) is 12.0. The van der Waals surface area contributed by atoms with E-state index in [4.69, 9.17) is 14.4 Å². The van der Waals surface area contributed by atoms with E-state index < -0.39 is 0 Å². The summed E-state index contributed by atoms with van der Waals surface area (Å²) >= 11 is 0. The van der Waals surface area contributed by atoms with E-state index >= 15 is 0 Å². The lowest BCUT2D eigenvalue weighted by atomic mass is 9.56. The largest absolute Gasteiger partial charge is 0.465 e. The van der Waals surface area contributed by atoms with Crippen molar-refractivity contribution in [2.24, 2.45) is 5.41 Å². The molecule has 0 saturated heterocycles. The van der Waals surface area contributed by atoms with Crippen LogP contribution in [0.2, 0.25) is 0 Å². The molecule has 1 aliphatic carbocycles. The first-order valence-corrected chi connectivity index (χ1v) is 6.85. The zero-order valence-electron chi connectivity index (χ0n) is 12.8. The van der Waals surface area contributed by atoms with Crippen LogP contribution < -0.4 is 5.32 Å². The van der Waals surface area contributed by atoms with Gasteiger partial charge < -0.3 is 14.5 Å². The van der Waals surface area contributed by atoms with Crippen LogP contribution in [0.5, 0.6) is 0 Å². The van der Waals surface area contributed by atoms with Crippen molar-refractivity contribution >= 4 is 12.0 Å². The van der Waals surface area contributed by atoms with Crippen molar-refractivity contribution in [3.05, 3.63) is 29.7 Å². The average molecular weight is 288 g/mol. The number of carbonyl (C=O) groups excluding carboxylic acids is 1. The van der Waals surface area contributed by atoms with Crippen molar-refractivity contribution in [3.63, 3.8) is 0 Å². The molecule has 1 aromatic heterocycles. The van der Waals surface area contributed by atoms with Gasteiger partial charge in [0, 0.05) is 24.6 Å². The van der Waals surface area contributed by atoms with E-state index in [1.54, 1.807) is 19.2 Å². The maximum atomic E-state index is 12.2. The summed E-state index contributed by atoms with van der Waals surface area (Å²) in [5.41, 5.74) is -0.419. The molecule has 1 saturated carbocycles. The lowest BCUT2D eigenvalue weighted by Crippen LogP contribution is -2.68. The third kappa shape index (κ3) is 2.59. The molecule has 1 fully saturated rings. The predicted molar refractivity (Wildman–Crippen MR) is 78.0 cm³/mol. The van der Waals surface area contributed by atoms with Gasteiger partial charge in [0.05, 0.1) is 11.9 Å². The highest BCUT2D eigenvalue weighted by molar-refractivity contribution is 6.01. The summed E-state index contributed by atoms with van der Waals surface area (Å²) in [4.78, 5) is 12.2. The van der Waals surface area contributed by atoms with Gasteiger partial charge in [0.1, 0.15) is 17.4 Å². The number of furan rings is 1. The van der Waals surface area contributed by atoms with Crippen molar-refractivity contribution < 1.29 is 13.9 Å². The number of nitriles is 1. The van der Waals surface area contributed by atoms with Gasteiger partial charge in [-0.25, -0.2) is 0 Å².